The fraction of sp³-hybridized carbons (Fsp3) is 0.0714. The van der Waals surface area contributed by atoms with Crippen LogP contribution in [0.3, 0.4) is 0 Å². The molecule has 1 heterocycles. The molecule has 20 heavy (non-hydrogen) atoms. The molecule has 0 fully saturated rings. The predicted molar refractivity (Wildman–Crippen MR) is 77.4 cm³/mol. The van der Waals surface area contributed by atoms with Crippen molar-refractivity contribution in [2.45, 2.75) is 6.92 Å². The van der Waals surface area contributed by atoms with Gasteiger partial charge in [0.2, 0.25) is 0 Å². The zero-order chi connectivity index (χ0) is 14.1. The van der Waals surface area contributed by atoms with Crippen LogP contribution in [0, 0.1) is 6.92 Å². The van der Waals surface area contributed by atoms with E-state index in [0.29, 0.717) is 22.5 Å². The van der Waals surface area contributed by atoms with E-state index >= 15 is 0 Å². The van der Waals surface area contributed by atoms with Crippen molar-refractivity contribution in [1.29, 1.82) is 0 Å². The number of hydrogen-bond acceptors (Lipinski definition) is 4. The van der Waals surface area contributed by atoms with Gasteiger partial charge in [-0.3, -0.25) is 4.79 Å². The van der Waals surface area contributed by atoms with Crippen LogP contribution < -0.4 is 11.1 Å². The van der Waals surface area contributed by atoms with Gasteiger partial charge in [0.1, 0.15) is 11.0 Å². The van der Waals surface area contributed by atoms with Crippen LogP contribution in [0.5, 0.6) is 0 Å². The van der Waals surface area contributed by atoms with Gasteiger partial charge >= 0.3 is 0 Å². The molecule has 3 aromatic rings. The highest BCUT2D eigenvalue weighted by atomic mass is 16.1. The normalized spacial score (nSPS) is 10.7. The number of hydrogen-bond donors (Lipinski definition) is 3. The molecule has 0 aliphatic heterocycles. The van der Waals surface area contributed by atoms with Gasteiger partial charge in [-0.15, -0.1) is 0 Å². The highest BCUT2D eigenvalue weighted by molar-refractivity contribution is 6.07. The van der Waals surface area contributed by atoms with Crippen LogP contribution in [-0.2, 0) is 0 Å². The maximum absolute atomic E-state index is 12.2. The molecule has 0 radical (unpaired) electrons. The number of nitrogens with two attached hydrogens (primary N) is 1. The Morgan fingerprint density at radius 3 is 2.80 bits per heavy atom. The number of nitrogens with zero attached hydrogens (tertiary/aromatic N) is 2. The van der Waals surface area contributed by atoms with Crippen molar-refractivity contribution in [3.63, 3.8) is 0 Å². The second-order valence-corrected chi connectivity index (χ2v) is 4.57. The maximum atomic E-state index is 12.2. The fourth-order valence-corrected chi connectivity index (χ4v) is 1.95. The summed E-state index contributed by atoms with van der Waals surface area (Å²) in [5, 5.41) is 13.2. The number of aromatic amines is 1. The third-order valence-electron chi connectivity index (χ3n) is 3.04. The van der Waals surface area contributed by atoms with Crippen molar-refractivity contribution in [2.75, 3.05) is 11.1 Å². The van der Waals surface area contributed by atoms with Gasteiger partial charge in [0.15, 0.2) is 0 Å². The fourth-order valence-electron chi connectivity index (χ4n) is 1.95. The molecule has 0 saturated carbocycles. The lowest BCUT2D eigenvalue weighted by Crippen LogP contribution is -2.13. The zero-order valence-electron chi connectivity index (χ0n) is 10.8. The molecule has 6 nitrogen and oxygen atoms in total. The summed E-state index contributed by atoms with van der Waals surface area (Å²) in [7, 11) is 0. The van der Waals surface area contributed by atoms with Gasteiger partial charge in [-0.25, -0.2) is 0 Å². The van der Waals surface area contributed by atoms with Gasteiger partial charge in [-0.2, -0.15) is 15.4 Å². The van der Waals surface area contributed by atoms with E-state index in [2.05, 4.69) is 20.7 Å². The number of anilines is 2. The van der Waals surface area contributed by atoms with Crippen LogP contribution in [0.15, 0.2) is 36.4 Å². The average Bonchev–Trinajstić information content (AvgIpc) is 2.90. The first kappa shape index (κ1) is 12.2. The standard InChI is InChI=1S/C14H13N5O/c1-8-2-4-10(15)12(6-8)16-14(20)9-3-5-11-13(7-9)18-19-17-11/h2-7H,15H2,1H3,(H,16,20)(H,17,18,19). The van der Waals surface area contributed by atoms with E-state index in [4.69, 9.17) is 5.73 Å². The molecule has 0 bridgehead atoms. The predicted octanol–water partition coefficient (Wildman–Crippen LogP) is 2.10. The minimum absolute atomic E-state index is 0.229. The number of carbonyl (C=O) groups is 1. The quantitative estimate of drug-likeness (QED) is 0.619. The molecular formula is C14H13N5O. The minimum atomic E-state index is -0.229. The number of H-pyrrole nitrogens is 1. The van der Waals surface area contributed by atoms with Crippen molar-refractivity contribution in [2.24, 2.45) is 0 Å². The molecule has 1 amide bonds. The maximum Gasteiger partial charge on any atom is 0.255 e. The average molecular weight is 267 g/mol. The highest BCUT2D eigenvalue weighted by Gasteiger charge is 2.10. The Morgan fingerprint density at radius 1 is 1.15 bits per heavy atom. The van der Waals surface area contributed by atoms with Gasteiger partial charge in [0, 0.05) is 5.56 Å². The van der Waals surface area contributed by atoms with Gasteiger partial charge in [0.25, 0.3) is 5.91 Å². The summed E-state index contributed by atoms with van der Waals surface area (Å²) in [6.07, 6.45) is 0. The number of nitrogen functional groups attached to an aromatic ring is 1. The Morgan fingerprint density at radius 2 is 1.95 bits per heavy atom. The van der Waals surface area contributed by atoms with Crippen LogP contribution in [0.25, 0.3) is 11.0 Å². The molecule has 3 rings (SSSR count). The third-order valence-corrected chi connectivity index (χ3v) is 3.04. The Labute approximate surface area is 115 Å². The Bertz CT molecular complexity index is 793. The lowest BCUT2D eigenvalue weighted by atomic mass is 10.1. The van der Waals surface area contributed by atoms with Crippen LogP contribution in [0.4, 0.5) is 11.4 Å². The SMILES string of the molecule is Cc1ccc(N)c(NC(=O)c2ccc3n[nH]nc3c2)c1. The molecule has 0 aliphatic rings. The molecule has 0 atom stereocenters. The van der Waals surface area contributed by atoms with Crippen LogP contribution in [0.1, 0.15) is 15.9 Å². The number of nitrogens with one attached hydrogen (secondary N) is 2. The van der Waals surface area contributed by atoms with E-state index in [1.54, 1.807) is 24.3 Å². The van der Waals surface area contributed by atoms with E-state index in [1.165, 1.54) is 0 Å². The lowest BCUT2D eigenvalue weighted by Gasteiger charge is -2.09. The number of amides is 1. The Balaban J connectivity index is 1.90. The van der Waals surface area contributed by atoms with E-state index in [0.717, 1.165) is 11.1 Å². The summed E-state index contributed by atoms with van der Waals surface area (Å²) in [4.78, 5) is 12.2. The lowest BCUT2D eigenvalue weighted by molar-refractivity contribution is 0.102. The molecule has 0 unspecified atom stereocenters. The van der Waals surface area contributed by atoms with E-state index in [1.807, 2.05) is 19.1 Å². The van der Waals surface area contributed by atoms with Crippen molar-refractivity contribution in [3.8, 4) is 0 Å². The van der Waals surface area contributed by atoms with Gasteiger partial charge < -0.3 is 11.1 Å². The third kappa shape index (κ3) is 2.18. The Hall–Kier alpha value is -2.89. The molecule has 0 saturated heterocycles. The largest absolute Gasteiger partial charge is 0.397 e. The molecule has 0 spiro atoms. The number of carbonyl (C=O) groups excluding carboxylic acids is 1. The summed E-state index contributed by atoms with van der Waals surface area (Å²) in [5.74, 6) is -0.229. The zero-order valence-corrected chi connectivity index (χ0v) is 10.8. The monoisotopic (exact) mass is 267 g/mol. The van der Waals surface area contributed by atoms with E-state index in [9.17, 15) is 4.79 Å². The first-order valence-electron chi connectivity index (χ1n) is 6.11. The highest BCUT2D eigenvalue weighted by Crippen LogP contribution is 2.21. The molecular weight excluding hydrogens is 254 g/mol. The first-order chi connectivity index (χ1) is 9.63. The Kier molecular flexibility index (Phi) is 2.83. The molecule has 6 heteroatoms. The van der Waals surface area contributed by atoms with Crippen LogP contribution >= 0.6 is 0 Å². The number of rotatable bonds is 2. The number of benzene rings is 2. The minimum Gasteiger partial charge on any atom is -0.397 e. The summed E-state index contributed by atoms with van der Waals surface area (Å²) in [6, 6.07) is 10.6. The summed E-state index contributed by atoms with van der Waals surface area (Å²) < 4.78 is 0. The van der Waals surface area contributed by atoms with Crippen molar-refractivity contribution >= 4 is 28.3 Å². The number of aromatic nitrogens is 3. The molecule has 1 aromatic heterocycles. The van der Waals surface area contributed by atoms with Crippen molar-refractivity contribution in [1.82, 2.24) is 15.4 Å². The molecule has 4 N–H and O–H groups in total. The van der Waals surface area contributed by atoms with Gasteiger partial charge in [-0.05, 0) is 42.8 Å². The van der Waals surface area contributed by atoms with Crippen LogP contribution in [-0.4, -0.2) is 21.3 Å². The number of aryl methyl sites for hydroxylation is 1. The second-order valence-electron chi connectivity index (χ2n) is 4.57. The van der Waals surface area contributed by atoms with Gasteiger partial charge in [-0.1, -0.05) is 6.07 Å². The molecule has 2 aromatic carbocycles. The molecule has 0 aliphatic carbocycles. The van der Waals surface area contributed by atoms with Gasteiger partial charge in [0.05, 0.1) is 11.4 Å². The molecule has 100 valence electrons. The topological polar surface area (TPSA) is 96.7 Å². The number of fused-ring (bicyclic) bond motifs is 1. The van der Waals surface area contributed by atoms with E-state index in [-0.39, 0.29) is 5.91 Å². The summed E-state index contributed by atoms with van der Waals surface area (Å²) in [6.45, 7) is 1.94. The van der Waals surface area contributed by atoms with Crippen LogP contribution in [0.2, 0.25) is 0 Å². The van der Waals surface area contributed by atoms with Crippen molar-refractivity contribution < 1.29 is 4.79 Å². The second kappa shape index (κ2) is 4.65. The smallest absolute Gasteiger partial charge is 0.255 e. The van der Waals surface area contributed by atoms with E-state index < -0.39 is 0 Å². The first-order valence-corrected chi connectivity index (χ1v) is 6.11. The summed E-state index contributed by atoms with van der Waals surface area (Å²) in [5.41, 5.74) is 9.89. The summed E-state index contributed by atoms with van der Waals surface area (Å²) >= 11 is 0. The van der Waals surface area contributed by atoms with Crippen molar-refractivity contribution in [3.05, 3.63) is 47.5 Å².